The van der Waals surface area contributed by atoms with Crippen molar-refractivity contribution in [3.63, 3.8) is 0 Å². The van der Waals surface area contributed by atoms with Gasteiger partial charge in [0.2, 0.25) is 0 Å². The second kappa shape index (κ2) is 4.90. The molecule has 0 spiro atoms. The molecule has 16 heavy (non-hydrogen) atoms. The fourth-order valence-corrected chi connectivity index (χ4v) is 1.41. The van der Waals surface area contributed by atoms with Crippen LogP contribution in [0, 0.1) is 37.7 Å². The van der Waals surface area contributed by atoms with Crippen LogP contribution in [-0.2, 0) is 9.31 Å². The zero-order valence-corrected chi connectivity index (χ0v) is 10.6. The van der Waals surface area contributed by atoms with E-state index in [-0.39, 0.29) is 56.1 Å². The van der Waals surface area contributed by atoms with Gasteiger partial charge in [0.05, 0.1) is 11.2 Å². The summed E-state index contributed by atoms with van der Waals surface area (Å²) in [6.07, 6.45) is 4.93. The van der Waals surface area contributed by atoms with E-state index in [0.29, 0.717) is 0 Å². The normalized spacial score (nSPS) is 21.6. The largest absolute Gasteiger partial charge is 0.498 e. The van der Waals surface area contributed by atoms with E-state index in [4.69, 9.17) is 9.31 Å². The molecule has 1 fully saturated rings. The van der Waals surface area contributed by atoms with E-state index >= 15 is 0 Å². The Morgan fingerprint density at radius 1 is 1.00 bits per heavy atom. The molecule has 0 saturated carbocycles. The minimum absolute atomic E-state index is 0. The van der Waals surface area contributed by atoms with Crippen LogP contribution in [0.4, 0.5) is 0 Å². The van der Waals surface area contributed by atoms with Gasteiger partial charge in [-0.25, -0.2) is 9.97 Å². The topological polar surface area (TPSA) is 44.2 Å². The molecule has 1 aromatic heterocycles. The van der Waals surface area contributed by atoms with Crippen molar-refractivity contribution in [3.8, 4) is 0 Å². The summed E-state index contributed by atoms with van der Waals surface area (Å²) < 4.78 is 11.7. The zero-order valence-electron chi connectivity index (χ0n) is 9.87. The molecule has 0 atom stereocenters. The predicted molar refractivity (Wildman–Crippen MR) is 57.7 cm³/mol. The first-order valence-corrected chi connectivity index (χ1v) is 5.03. The molecule has 2 heterocycles. The molecule has 4 nitrogen and oxygen atoms in total. The second-order valence-electron chi connectivity index (χ2n) is 4.76. The van der Waals surface area contributed by atoms with E-state index in [9.17, 15) is 0 Å². The molecule has 0 N–H and O–H groups in total. The number of nitrogens with zero attached hydrogens (tertiary/aromatic N) is 2. The fraction of sp³-hybridized carbons (Fsp3) is 0.600. The Hall–Kier alpha value is 0.325. The maximum atomic E-state index is 5.85. The van der Waals surface area contributed by atoms with Crippen molar-refractivity contribution in [1.29, 1.82) is 0 Å². The summed E-state index contributed by atoms with van der Waals surface area (Å²) in [6.45, 7) is 8.10. The fourth-order valence-electron chi connectivity index (χ4n) is 1.41. The molecule has 6 heteroatoms. The van der Waals surface area contributed by atoms with E-state index in [1.54, 1.807) is 12.4 Å². The van der Waals surface area contributed by atoms with E-state index in [1.165, 1.54) is 6.33 Å². The van der Waals surface area contributed by atoms with Crippen molar-refractivity contribution in [1.82, 2.24) is 9.97 Å². The third-order valence-corrected chi connectivity index (χ3v) is 3.11. The van der Waals surface area contributed by atoms with Gasteiger partial charge in [-0.1, -0.05) is 0 Å². The Morgan fingerprint density at radius 3 is 1.88 bits per heavy atom. The monoisotopic (exact) mass is 246 g/mol. The average molecular weight is 246 g/mol. The molecule has 88 valence electrons. The first kappa shape index (κ1) is 14.4. The third-order valence-electron chi connectivity index (χ3n) is 3.11. The van der Waals surface area contributed by atoms with Gasteiger partial charge in [-0.15, -0.1) is 0 Å². The van der Waals surface area contributed by atoms with Gasteiger partial charge in [0, 0.05) is 55.6 Å². The van der Waals surface area contributed by atoms with E-state index in [2.05, 4.69) is 9.97 Å². The number of hydrogen-bond donors (Lipinski definition) is 0. The van der Waals surface area contributed by atoms with Crippen molar-refractivity contribution >= 4 is 12.6 Å². The van der Waals surface area contributed by atoms with E-state index in [1.807, 2.05) is 27.7 Å². The molecule has 2 rings (SSSR count). The quantitative estimate of drug-likeness (QED) is 0.686. The van der Waals surface area contributed by atoms with Gasteiger partial charge < -0.3 is 9.31 Å². The van der Waals surface area contributed by atoms with Crippen molar-refractivity contribution in [2.45, 2.75) is 38.9 Å². The van der Waals surface area contributed by atoms with Crippen LogP contribution in [0.2, 0.25) is 0 Å². The molecule has 0 amide bonds. The molecule has 0 aromatic carbocycles. The van der Waals surface area contributed by atoms with Crippen LogP contribution in [0.3, 0.4) is 0 Å². The van der Waals surface area contributed by atoms with E-state index in [0.717, 1.165) is 5.46 Å². The molecule has 0 unspecified atom stereocenters. The minimum Gasteiger partial charge on any atom is -0.399 e. The SMILES string of the molecule is CC1(C)OB(c2cncnc2)OC1(C)C.[Ar]. The van der Waals surface area contributed by atoms with Crippen LogP contribution in [0.15, 0.2) is 18.7 Å². The van der Waals surface area contributed by atoms with Crippen LogP contribution in [0.5, 0.6) is 0 Å². The molecular formula is C10H15ArBN2O2. The van der Waals surface area contributed by atoms with Crippen molar-refractivity contribution in [3.05, 3.63) is 18.7 Å². The summed E-state index contributed by atoms with van der Waals surface area (Å²) >= 11 is 0. The van der Waals surface area contributed by atoms with Crippen molar-refractivity contribution in [2.24, 2.45) is 0 Å². The average Bonchev–Trinajstić information content (AvgIpc) is 2.38. The van der Waals surface area contributed by atoms with Crippen LogP contribution in [0.25, 0.3) is 0 Å². The molecule has 1 aliphatic rings. The molecule has 0 aliphatic carbocycles. The maximum Gasteiger partial charge on any atom is 0.498 e. The first-order valence-electron chi connectivity index (χ1n) is 5.03. The van der Waals surface area contributed by atoms with Crippen LogP contribution < -0.4 is 5.46 Å². The third kappa shape index (κ3) is 2.59. The Kier molecular flexibility index (Phi) is 4.41. The first-order chi connectivity index (χ1) is 6.92. The Bertz CT molecular complexity index is 343. The predicted octanol–water partition coefficient (Wildman–Crippen LogP) is 0.776. The number of rotatable bonds is 1. The van der Waals surface area contributed by atoms with Gasteiger partial charge >= 0.3 is 7.12 Å². The number of aromatic nitrogens is 2. The molecule has 0 radical (unpaired) electrons. The van der Waals surface area contributed by atoms with Gasteiger partial charge in [-0.2, -0.15) is 0 Å². The summed E-state index contributed by atoms with van der Waals surface area (Å²) in [5, 5.41) is 0. The van der Waals surface area contributed by atoms with Gasteiger partial charge in [0.25, 0.3) is 0 Å². The van der Waals surface area contributed by atoms with Gasteiger partial charge in [0.1, 0.15) is 6.33 Å². The number of hydrogen-bond acceptors (Lipinski definition) is 4. The van der Waals surface area contributed by atoms with Gasteiger partial charge in [0.15, 0.2) is 0 Å². The molecule has 1 aromatic rings. The van der Waals surface area contributed by atoms with E-state index < -0.39 is 0 Å². The summed E-state index contributed by atoms with van der Waals surface area (Å²) in [7, 11) is -0.365. The van der Waals surface area contributed by atoms with Crippen molar-refractivity contribution in [2.75, 3.05) is 0 Å². The Balaban J connectivity index is 0.00000128. The van der Waals surface area contributed by atoms with Crippen LogP contribution in [-0.4, -0.2) is 28.3 Å². The molecule has 1 saturated heterocycles. The van der Waals surface area contributed by atoms with Crippen molar-refractivity contribution < 1.29 is 47.0 Å². The smallest absolute Gasteiger partial charge is 0.399 e. The second-order valence-corrected chi connectivity index (χ2v) is 4.76. The van der Waals surface area contributed by atoms with Crippen LogP contribution in [0.1, 0.15) is 27.7 Å². The molecule has 1 aliphatic heterocycles. The summed E-state index contributed by atoms with van der Waals surface area (Å²) in [5.41, 5.74) is 0.234. The van der Waals surface area contributed by atoms with Gasteiger partial charge in [-0.05, 0) is 27.7 Å². The summed E-state index contributed by atoms with van der Waals surface area (Å²) in [6, 6.07) is 0. The Morgan fingerprint density at radius 2 is 1.44 bits per heavy atom. The summed E-state index contributed by atoms with van der Waals surface area (Å²) in [5.74, 6) is 0. The molecular weight excluding hydrogens is 231 g/mol. The van der Waals surface area contributed by atoms with Gasteiger partial charge in [-0.3, -0.25) is 0 Å². The maximum absolute atomic E-state index is 5.85. The Labute approximate surface area is 126 Å². The molecule has 0 bridgehead atoms. The summed E-state index contributed by atoms with van der Waals surface area (Å²) in [4.78, 5) is 7.91. The zero-order chi connectivity index (χ0) is 11.1. The van der Waals surface area contributed by atoms with Crippen LogP contribution >= 0.6 is 0 Å². The standard InChI is InChI=1S/C10H15BN2O2.Ar/c1-9(2)10(3,4)15-11(14-9)8-5-12-7-13-6-8;/h5-7H,1-4H3;. The minimum atomic E-state index is -0.365.